The summed E-state index contributed by atoms with van der Waals surface area (Å²) in [4.78, 5) is 14.9. The molecule has 1 N–H and O–H groups in total. The van der Waals surface area contributed by atoms with Crippen molar-refractivity contribution in [3.05, 3.63) is 53.1 Å². The lowest BCUT2D eigenvalue weighted by molar-refractivity contribution is 0.102. The van der Waals surface area contributed by atoms with Crippen molar-refractivity contribution in [1.82, 2.24) is 9.21 Å². The maximum absolute atomic E-state index is 13.0. The maximum Gasteiger partial charge on any atom is 0.257 e. The van der Waals surface area contributed by atoms with Gasteiger partial charge in [-0.3, -0.25) is 4.79 Å². The highest BCUT2D eigenvalue weighted by atomic mass is 35.5. The van der Waals surface area contributed by atoms with Gasteiger partial charge >= 0.3 is 0 Å². The molecule has 0 radical (unpaired) electrons. The van der Waals surface area contributed by atoms with E-state index in [0.717, 1.165) is 0 Å². The lowest BCUT2D eigenvalue weighted by Crippen LogP contribution is -2.47. The molecular formula is C19H22ClN3O4S. The summed E-state index contributed by atoms with van der Waals surface area (Å²) in [7, 11) is -0.248. The Labute approximate surface area is 169 Å². The van der Waals surface area contributed by atoms with E-state index in [-0.39, 0.29) is 15.5 Å². The van der Waals surface area contributed by atoms with E-state index in [1.165, 1.54) is 29.6 Å². The Kier molecular flexibility index (Phi) is 6.24. The first-order valence-electron chi connectivity index (χ1n) is 8.75. The van der Waals surface area contributed by atoms with Gasteiger partial charge in [-0.15, -0.1) is 0 Å². The van der Waals surface area contributed by atoms with Crippen LogP contribution in [0.4, 0.5) is 5.69 Å². The molecular weight excluding hydrogens is 402 g/mol. The number of halogens is 1. The monoisotopic (exact) mass is 423 g/mol. The normalized spacial score (nSPS) is 16.0. The summed E-state index contributed by atoms with van der Waals surface area (Å²) >= 11 is 6.18. The van der Waals surface area contributed by atoms with Gasteiger partial charge in [0.25, 0.3) is 5.91 Å². The van der Waals surface area contributed by atoms with Gasteiger partial charge in [0, 0.05) is 26.2 Å². The number of nitrogens with one attached hydrogen (secondary N) is 1. The molecule has 0 spiro atoms. The Hall–Kier alpha value is -2.13. The van der Waals surface area contributed by atoms with Gasteiger partial charge in [-0.05, 0) is 37.4 Å². The minimum Gasteiger partial charge on any atom is -0.495 e. The molecule has 2 aromatic rings. The fourth-order valence-corrected chi connectivity index (χ4v) is 4.61. The molecule has 1 fully saturated rings. The third-order valence-corrected chi connectivity index (χ3v) is 6.86. The van der Waals surface area contributed by atoms with E-state index in [4.69, 9.17) is 16.3 Å². The smallest absolute Gasteiger partial charge is 0.257 e. The zero-order valence-electron chi connectivity index (χ0n) is 15.7. The molecule has 0 saturated carbocycles. The zero-order chi connectivity index (χ0) is 20.3. The average Bonchev–Trinajstić information content (AvgIpc) is 2.68. The number of piperazine rings is 1. The van der Waals surface area contributed by atoms with Crippen LogP contribution in [0.25, 0.3) is 0 Å². The van der Waals surface area contributed by atoms with Crippen molar-refractivity contribution in [2.45, 2.75) is 4.90 Å². The van der Waals surface area contributed by atoms with Crippen molar-refractivity contribution in [3.63, 3.8) is 0 Å². The molecule has 28 heavy (non-hydrogen) atoms. The zero-order valence-corrected chi connectivity index (χ0v) is 17.3. The van der Waals surface area contributed by atoms with Gasteiger partial charge in [-0.25, -0.2) is 8.42 Å². The highest BCUT2D eigenvalue weighted by molar-refractivity contribution is 7.89. The Bertz CT molecular complexity index is 973. The molecule has 0 aliphatic carbocycles. The van der Waals surface area contributed by atoms with Crippen LogP contribution < -0.4 is 10.1 Å². The lowest BCUT2D eigenvalue weighted by Gasteiger charge is -2.31. The van der Waals surface area contributed by atoms with E-state index >= 15 is 0 Å². The number of hydrogen-bond donors (Lipinski definition) is 1. The molecule has 9 heteroatoms. The number of rotatable bonds is 5. The van der Waals surface area contributed by atoms with E-state index in [1.54, 1.807) is 24.3 Å². The standard InChI is InChI=1S/C19H22ClN3O4S/c1-22-9-11-23(12-10-22)28(25,26)14-7-8-16(20)15(13-14)19(24)21-17-5-3-4-6-18(17)27-2/h3-8,13H,9-12H2,1-2H3,(H,21,24). The van der Waals surface area contributed by atoms with Crippen LogP contribution in [0.3, 0.4) is 0 Å². The van der Waals surface area contributed by atoms with Gasteiger partial charge in [-0.1, -0.05) is 23.7 Å². The SMILES string of the molecule is COc1ccccc1NC(=O)c1cc(S(=O)(=O)N2CCN(C)CC2)ccc1Cl. The molecule has 0 unspecified atom stereocenters. The number of amides is 1. The minimum absolute atomic E-state index is 0.0478. The molecule has 150 valence electrons. The summed E-state index contributed by atoms with van der Waals surface area (Å²) in [6.07, 6.45) is 0. The molecule has 1 amide bonds. The molecule has 1 aliphatic rings. The molecule has 2 aromatic carbocycles. The number of para-hydroxylation sites is 2. The Morgan fingerprint density at radius 2 is 1.79 bits per heavy atom. The van der Waals surface area contributed by atoms with Crippen molar-refractivity contribution in [2.75, 3.05) is 45.7 Å². The van der Waals surface area contributed by atoms with Gasteiger partial charge in [0.05, 0.1) is 28.3 Å². The first kappa shape index (κ1) is 20.6. The van der Waals surface area contributed by atoms with Crippen molar-refractivity contribution in [2.24, 2.45) is 0 Å². The van der Waals surface area contributed by atoms with Gasteiger partial charge in [-0.2, -0.15) is 4.31 Å². The number of nitrogens with zero attached hydrogens (tertiary/aromatic N) is 2. The van der Waals surface area contributed by atoms with Crippen LogP contribution in [-0.2, 0) is 10.0 Å². The lowest BCUT2D eigenvalue weighted by atomic mass is 10.2. The van der Waals surface area contributed by atoms with Gasteiger partial charge in [0.2, 0.25) is 10.0 Å². The van der Waals surface area contributed by atoms with Crippen LogP contribution in [0.5, 0.6) is 5.75 Å². The number of anilines is 1. The van der Waals surface area contributed by atoms with Gasteiger partial charge in [0.1, 0.15) is 5.75 Å². The largest absolute Gasteiger partial charge is 0.495 e. The topological polar surface area (TPSA) is 78.9 Å². The number of methoxy groups -OCH3 is 1. The first-order chi connectivity index (χ1) is 13.3. The predicted octanol–water partition coefficient (Wildman–Crippen LogP) is 2.54. The highest BCUT2D eigenvalue weighted by Gasteiger charge is 2.28. The van der Waals surface area contributed by atoms with Gasteiger partial charge in [0.15, 0.2) is 0 Å². The van der Waals surface area contributed by atoms with Crippen molar-refractivity contribution < 1.29 is 17.9 Å². The quantitative estimate of drug-likeness (QED) is 0.799. The molecule has 1 aliphatic heterocycles. The van der Waals surface area contributed by atoms with E-state index in [0.29, 0.717) is 37.6 Å². The van der Waals surface area contributed by atoms with E-state index in [1.807, 2.05) is 7.05 Å². The second-order valence-corrected chi connectivity index (χ2v) is 8.85. The van der Waals surface area contributed by atoms with Crippen LogP contribution in [0, 0.1) is 0 Å². The van der Waals surface area contributed by atoms with E-state index < -0.39 is 15.9 Å². The van der Waals surface area contributed by atoms with E-state index in [9.17, 15) is 13.2 Å². The van der Waals surface area contributed by atoms with Crippen LogP contribution in [-0.4, -0.2) is 63.9 Å². The van der Waals surface area contributed by atoms with Crippen LogP contribution in [0.15, 0.2) is 47.4 Å². The number of carbonyl (C=O) groups excluding carboxylic acids is 1. The third kappa shape index (κ3) is 4.30. The second-order valence-electron chi connectivity index (χ2n) is 6.50. The number of likely N-dealkylation sites (N-methyl/N-ethyl adjacent to an activating group) is 1. The number of carbonyl (C=O) groups is 1. The Morgan fingerprint density at radius 1 is 1.11 bits per heavy atom. The molecule has 1 saturated heterocycles. The summed E-state index contributed by atoms with van der Waals surface area (Å²) in [6, 6.07) is 11.1. The molecule has 1 heterocycles. The van der Waals surface area contributed by atoms with E-state index in [2.05, 4.69) is 10.2 Å². The Balaban J connectivity index is 1.88. The first-order valence-corrected chi connectivity index (χ1v) is 10.6. The van der Waals surface area contributed by atoms with Crippen molar-refractivity contribution in [3.8, 4) is 5.75 Å². The summed E-state index contributed by atoms with van der Waals surface area (Å²) < 4.78 is 32.6. The average molecular weight is 424 g/mol. The molecule has 7 nitrogen and oxygen atoms in total. The van der Waals surface area contributed by atoms with Crippen molar-refractivity contribution in [1.29, 1.82) is 0 Å². The fourth-order valence-electron chi connectivity index (χ4n) is 2.95. The molecule has 0 aromatic heterocycles. The highest BCUT2D eigenvalue weighted by Crippen LogP contribution is 2.27. The molecule has 0 atom stereocenters. The number of hydrogen-bond acceptors (Lipinski definition) is 5. The third-order valence-electron chi connectivity index (χ3n) is 4.64. The summed E-state index contributed by atoms with van der Waals surface area (Å²) in [5, 5.41) is 2.89. The maximum atomic E-state index is 13.0. The van der Waals surface area contributed by atoms with Gasteiger partial charge < -0.3 is 15.0 Å². The molecule has 0 bridgehead atoms. The summed E-state index contributed by atoms with van der Waals surface area (Å²) in [5.41, 5.74) is 0.557. The minimum atomic E-state index is -3.70. The second kappa shape index (κ2) is 8.48. The van der Waals surface area contributed by atoms with Crippen LogP contribution >= 0.6 is 11.6 Å². The predicted molar refractivity (Wildman–Crippen MR) is 109 cm³/mol. The summed E-state index contributed by atoms with van der Waals surface area (Å²) in [5.74, 6) is -0.0156. The fraction of sp³-hybridized carbons (Fsp3) is 0.316. The number of sulfonamides is 1. The number of ether oxygens (including phenoxy) is 1. The molecule has 3 rings (SSSR count). The Morgan fingerprint density at radius 3 is 2.46 bits per heavy atom. The van der Waals surface area contributed by atoms with Crippen LogP contribution in [0.1, 0.15) is 10.4 Å². The van der Waals surface area contributed by atoms with Crippen LogP contribution in [0.2, 0.25) is 5.02 Å². The number of benzene rings is 2. The van der Waals surface area contributed by atoms with Crippen molar-refractivity contribution >= 4 is 33.2 Å². The summed E-state index contributed by atoms with van der Waals surface area (Å²) in [6.45, 7) is 2.14.